The number of nitrogens with two attached hydrogens (primary N) is 1. The van der Waals surface area contributed by atoms with Gasteiger partial charge in [0.25, 0.3) is 0 Å². The molecule has 0 fully saturated rings. The van der Waals surface area contributed by atoms with Crippen LogP contribution in [0.2, 0.25) is 10.0 Å². The Morgan fingerprint density at radius 1 is 1.07 bits per heavy atom. The number of ether oxygens (including phenoxy) is 2. The van der Waals surface area contributed by atoms with Gasteiger partial charge in [0, 0.05) is 22.3 Å². The highest BCUT2D eigenvalue weighted by Crippen LogP contribution is 2.37. The van der Waals surface area contributed by atoms with E-state index in [-0.39, 0.29) is 10.8 Å². The lowest BCUT2D eigenvalue weighted by Crippen LogP contribution is -2.08. The molecule has 3 aromatic rings. The van der Waals surface area contributed by atoms with E-state index in [1.165, 1.54) is 12.1 Å². The highest BCUT2D eigenvalue weighted by atomic mass is 35.5. The van der Waals surface area contributed by atoms with Crippen molar-refractivity contribution in [3.63, 3.8) is 0 Å². The van der Waals surface area contributed by atoms with Crippen LogP contribution >= 0.6 is 23.2 Å². The second kappa shape index (κ2) is 8.03. The predicted octanol–water partition coefficient (Wildman–Crippen LogP) is 5.93. The Balaban J connectivity index is 1.92. The maximum absolute atomic E-state index is 13.8. The van der Waals surface area contributed by atoms with E-state index in [2.05, 4.69) is 4.98 Å². The first kappa shape index (κ1) is 19.3. The van der Waals surface area contributed by atoms with Gasteiger partial charge in [-0.1, -0.05) is 35.3 Å². The molecule has 0 amide bonds. The van der Waals surface area contributed by atoms with Gasteiger partial charge in [0.05, 0.1) is 12.1 Å². The quantitative estimate of drug-likeness (QED) is 0.533. The van der Waals surface area contributed by atoms with Crippen molar-refractivity contribution >= 4 is 29.0 Å². The molecule has 0 aliphatic rings. The molecular formula is C20H17Cl2FN2O2. The summed E-state index contributed by atoms with van der Waals surface area (Å²) in [7, 11) is 1.61. The van der Waals surface area contributed by atoms with Crippen molar-refractivity contribution < 1.29 is 13.9 Å². The van der Waals surface area contributed by atoms with E-state index in [0.29, 0.717) is 16.3 Å². The van der Waals surface area contributed by atoms with E-state index >= 15 is 0 Å². The Bertz CT molecular complexity index is 965. The standard InChI is InChI=1S/C20H17Cl2FN2O2/c1-11(18-15(21)7-8-16(23)19(18)22)27-17-9-13(10-25-20(17)24)12-3-5-14(26-2)6-4-12/h3-11H,1-2H3,(H2,24,25). The fourth-order valence-corrected chi connectivity index (χ4v) is 3.33. The van der Waals surface area contributed by atoms with Crippen molar-refractivity contribution in [2.24, 2.45) is 0 Å². The summed E-state index contributed by atoms with van der Waals surface area (Å²) in [6, 6.07) is 11.9. The first-order chi connectivity index (χ1) is 12.9. The topological polar surface area (TPSA) is 57.4 Å². The molecule has 2 aromatic carbocycles. The molecule has 1 heterocycles. The van der Waals surface area contributed by atoms with Crippen LogP contribution in [0, 0.1) is 5.82 Å². The highest BCUT2D eigenvalue weighted by molar-refractivity contribution is 6.36. The van der Waals surface area contributed by atoms with Gasteiger partial charge in [0.2, 0.25) is 0 Å². The maximum atomic E-state index is 13.8. The molecule has 0 aliphatic carbocycles. The minimum atomic E-state index is -0.629. The Morgan fingerprint density at radius 2 is 1.78 bits per heavy atom. The van der Waals surface area contributed by atoms with Gasteiger partial charge in [-0.15, -0.1) is 0 Å². The summed E-state index contributed by atoms with van der Waals surface area (Å²) in [4.78, 5) is 4.19. The van der Waals surface area contributed by atoms with Crippen molar-refractivity contribution in [2.75, 3.05) is 12.8 Å². The van der Waals surface area contributed by atoms with Crippen molar-refractivity contribution in [3.8, 4) is 22.6 Å². The summed E-state index contributed by atoms with van der Waals surface area (Å²) >= 11 is 12.2. The number of pyridine rings is 1. The van der Waals surface area contributed by atoms with Gasteiger partial charge in [-0.25, -0.2) is 9.37 Å². The third-order valence-electron chi connectivity index (χ3n) is 4.09. The van der Waals surface area contributed by atoms with Crippen molar-refractivity contribution in [3.05, 3.63) is 70.1 Å². The minimum Gasteiger partial charge on any atom is -0.497 e. The van der Waals surface area contributed by atoms with Gasteiger partial charge in [-0.05, 0) is 42.8 Å². The van der Waals surface area contributed by atoms with Crippen LogP contribution in [-0.2, 0) is 0 Å². The van der Waals surface area contributed by atoms with Crippen molar-refractivity contribution in [1.82, 2.24) is 4.98 Å². The molecule has 4 nitrogen and oxygen atoms in total. The van der Waals surface area contributed by atoms with Crippen LogP contribution < -0.4 is 15.2 Å². The molecule has 0 aliphatic heterocycles. The Labute approximate surface area is 166 Å². The summed E-state index contributed by atoms with van der Waals surface area (Å²) in [5, 5.41) is 0.236. The van der Waals surface area contributed by atoms with E-state index in [4.69, 9.17) is 38.4 Å². The molecule has 3 rings (SSSR count). The van der Waals surface area contributed by atoms with Crippen LogP contribution in [0.4, 0.5) is 10.2 Å². The predicted molar refractivity (Wildman–Crippen MR) is 106 cm³/mol. The van der Waals surface area contributed by atoms with Gasteiger partial charge in [-0.2, -0.15) is 0 Å². The third kappa shape index (κ3) is 4.10. The summed E-state index contributed by atoms with van der Waals surface area (Å²) in [5.74, 6) is 0.752. The molecule has 0 saturated carbocycles. The Morgan fingerprint density at radius 3 is 2.44 bits per heavy atom. The third-order valence-corrected chi connectivity index (χ3v) is 4.81. The summed E-state index contributed by atoms with van der Waals surface area (Å²) in [6.07, 6.45) is 1.02. The number of methoxy groups -OCH3 is 1. The summed E-state index contributed by atoms with van der Waals surface area (Å²) in [5.41, 5.74) is 8.03. The molecule has 0 saturated heterocycles. The van der Waals surface area contributed by atoms with Crippen LogP contribution in [0.25, 0.3) is 11.1 Å². The molecule has 0 spiro atoms. The second-order valence-corrected chi connectivity index (χ2v) is 6.64. The minimum absolute atomic E-state index is 0.0761. The van der Waals surface area contributed by atoms with E-state index in [1.54, 1.807) is 26.3 Å². The molecule has 2 N–H and O–H groups in total. The number of nitrogen functional groups attached to an aromatic ring is 1. The zero-order valence-electron chi connectivity index (χ0n) is 14.7. The molecular weight excluding hydrogens is 390 g/mol. The number of nitrogens with zero attached hydrogens (tertiary/aromatic N) is 1. The van der Waals surface area contributed by atoms with Crippen LogP contribution in [0.5, 0.6) is 11.5 Å². The number of hydrogen-bond donors (Lipinski definition) is 1. The molecule has 0 bridgehead atoms. The maximum Gasteiger partial charge on any atom is 0.166 e. The molecule has 7 heteroatoms. The lowest BCUT2D eigenvalue weighted by atomic mass is 10.1. The van der Waals surface area contributed by atoms with E-state index in [0.717, 1.165) is 16.9 Å². The van der Waals surface area contributed by atoms with Crippen LogP contribution in [0.1, 0.15) is 18.6 Å². The molecule has 1 atom stereocenters. The lowest BCUT2D eigenvalue weighted by molar-refractivity contribution is 0.227. The monoisotopic (exact) mass is 406 g/mol. The number of anilines is 1. The van der Waals surface area contributed by atoms with Crippen LogP contribution in [0.15, 0.2) is 48.7 Å². The average molecular weight is 407 g/mol. The molecule has 140 valence electrons. The number of benzene rings is 2. The largest absolute Gasteiger partial charge is 0.497 e. The Hall–Kier alpha value is -2.50. The first-order valence-corrected chi connectivity index (χ1v) is 8.86. The van der Waals surface area contributed by atoms with E-state index in [1.807, 2.05) is 24.3 Å². The number of halogens is 3. The molecule has 1 aromatic heterocycles. The van der Waals surface area contributed by atoms with Gasteiger partial charge < -0.3 is 15.2 Å². The molecule has 27 heavy (non-hydrogen) atoms. The summed E-state index contributed by atoms with van der Waals surface area (Å²) in [6.45, 7) is 1.71. The van der Waals surface area contributed by atoms with Crippen LogP contribution in [-0.4, -0.2) is 12.1 Å². The number of rotatable bonds is 5. The fourth-order valence-electron chi connectivity index (χ4n) is 2.66. The zero-order chi connectivity index (χ0) is 19.6. The molecule has 1 unspecified atom stereocenters. The van der Waals surface area contributed by atoms with Gasteiger partial charge >= 0.3 is 0 Å². The second-order valence-electron chi connectivity index (χ2n) is 5.85. The highest BCUT2D eigenvalue weighted by Gasteiger charge is 2.20. The summed E-state index contributed by atoms with van der Waals surface area (Å²) < 4.78 is 24.9. The lowest BCUT2D eigenvalue weighted by Gasteiger charge is -2.19. The SMILES string of the molecule is COc1ccc(-c2cnc(N)c(OC(C)c3c(Cl)ccc(F)c3Cl)c2)cc1. The molecule has 0 radical (unpaired) electrons. The smallest absolute Gasteiger partial charge is 0.166 e. The van der Waals surface area contributed by atoms with Gasteiger partial charge in [0.15, 0.2) is 11.6 Å². The van der Waals surface area contributed by atoms with Crippen molar-refractivity contribution in [2.45, 2.75) is 13.0 Å². The first-order valence-electron chi connectivity index (χ1n) is 8.10. The van der Waals surface area contributed by atoms with Gasteiger partial charge in [0.1, 0.15) is 17.7 Å². The van der Waals surface area contributed by atoms with E-state index in [9.17, 15) is 4.39 Å². The number of aromatic nitrogens is 1. The van der Waals surface area contributed by atoms with E-state index < -0.39 is 11.9 Å². The Kier molecular flexibility index (Phi) is 5.73. The van der Waals surface area contributed by atoms with Crippen LogP contribution in [0.3, 0.4) is 0 Å². The number of hydrogen-bond acceptors (Lipinski definition) is 4. The average Bonchev–Trinajstić information content (AvgIpc) is 2.67. The fraction of sp³-hybridized carbons (Fsp3) is 0.150. The zero-order valence-corrected chi connectivity index (χ0v) is 16.2. The normalized spacial score (nSPS) is 11.9. The van der Waals surface area contributed by atoms with Gasteiger partial charge in [-0.3, -0.25) is 0 Å². The van der Waals surface area contributed by atoms with Crippen molar-refractivity contribution in [1.29, 1.82) is 0 Å².